The van der Waals surface area contributed by atoms with Crippen LogP contribution >= 0.6 is 0 Å². The largest absolute Gasteiger partial charge is 0.394 e. The first-order chi connectivity index (χ1) is 8.43. The second-order valence-corrected chi connectivity index (χ2v) is 5.52. The molecule has 104 valence electrons. The summed E-state index contributed by atoms with van der Waals surface area (Å²) in [5.41, 5.74) is 2.06. The number of aliphatic hydroxyl groups is 1. The fourth-order valence-corrected chi connectivity index (χ4v) is 2.33. The van der Waals surface area contributed by atoms with E-state index >= 15 is 0 Å². The predicted molar refractivity (Wildman–Crippen MR) is 74.8 cm³/mol. The Kier molecular flexibility index (Phi) is 5.35. The molecule has 4 nitrogen and oxygen atoms in total. The average Bonchev–Trinajstić information content (AvgIpc) is 2.67. The third-order valence-electron chi connectivity index (χ3n) is 3.66. The highest BCUT2D eigenvalue weighted by atomic mass is 16.3. The molecule has 2 unspecified atom stereocenters. The van der Waals surface area contributed by atoms with E-state index in [1.807, 2.05) is 13.3 Å². The van der Waals surface area contributed by atoms with Crippen molar-refractivity contribution < 1.29 is 5.11 Å². The lowest BCUT2D eigenvalue weighted by molar-refractivity contribution is 0.151. The maximum atomic E-state index is 9.59. The van der Waals surface area contributed by atoms with Gasteiger partial charge in [0.1, 0.15) is 0 Å². The molecule has 1 aromatic heterocycles. The fraction of sp³-hybridized carbons (Fsp3) is 0.786. The maximum absolute atomic E-state index is 9.59. The lowest BCUT2D eigenvalue weighted by atomic mass is 9.94. The lowest BCUT2D eigenvalue weighted by Crippen LogP contribution is -2.47. The van der Waals surface area contributed by atoms with Gasteiger partial charge in [0.2, 0.25) is 0 Å². The van der Waals surface area contributed by atoms with Crippen molar-refractivity contribution in [2.45, 2.75) is 59.0 Å². The zero-order valence-corrected chi connectivity index (χ0v) is 12.3. The van der Waals surface area contributed by atoms with E-state index in [2.05, 4.69) is 42.6 Å². The summed E-state index contributed by atoms with van der Waals surface area (Å²) in [6.07, 6.45) is 3.86. The summed E-state index contributed by atoms with van der Waals surface area (Å²) < 4.78 is 2.19. The van der Waals surface area contributed by atoms with Gasteiger partial charge in [0, 0.05) is 17.3 Å². The summed E-state index contributed by atoms with van der Waals surface area (Å²) in [7, 11) is 0. The zero-order chi connectivity index (χ0) is 13.8. The van der Waals surface area contributed by atoms with Crippen LogP contribution in [-0.4, -0.2) is 33.3 Å². The van der Waals surface area contributed by atoms with E-state index in [0.717, 1.165) is 25.1 Å². The Balaban J connectivity index is 2.72. The van der Waals surface area contributed by atoms with Gasteiger partial charge < -0.3 is 15.0 Å². The number of hydrogen-bond donors (Lipinski definition) is 2. The van der Waals surface area contributed by atoms with Crippen molar-refractivity contribution >= 4 is 0 Å². The van der Waals surface area contributed by atoms with Gasteiger partial charge in [0.05, 0.1) is 18.6 Å². The van der Waals surface area contributed by atoms with Crippen LogP contribution in [0.15, 0.2) is 6.33 Å². The molecule has 1 aromatic rings. The van der Waals surface area contributed by atoms with Crippen molar-refractivity contribution in [1.29, 1.82) is 0 Å². The molecule has 0 saturated heterocycles. The topological polar surface area (TPSA) is 50.1 Å². The second kappa shape index (κ2) is 6.34. The molecule has 0 spiro atoms. The van der Waals surface area contributed by atoms with Crippen molar-refractivity contribution in [2.75, 3.05) is 13.2 Å². The molecule has 1 rings (SSSR count). The summed E-state index contributed by atoms with van der Waals surface area (Å²) in [5.74, 6) is 0. The van der Waals surface area contributed by atoms with Gasteiger partial charge in [0.25, 0.3) is 0 Å². The first-order valence-corrected chi connectivity index (χ1v) is 6.79. The molecule has 0 fully saturated rings. The average molecular weight is 253 g/mol. The van der Waals surface area contributed by atoms with Crippen molar-refractivity contribution in [3.8, 4) is 0 Å². The van der Waals surface area contributed by atoms with Gasteiger partial charge in [-0.05, 0) is 47.1 Å². The molecule has 1 heterocycles. The van der Waals surface area contributed by atoms with Crippen LogP contribution < -0.4 is 5.32 Å². The molecular weight excluding hydrogens is 226 g/mol. The van der Waals surface area contributed by atoms with E-state index in [9.17, 15) is 5.11 Å². The van der Waals surface area contributed by atoms with E-state index in [4.69, 9.17) is 0 Å². The Morgan fingerprint density at radius 3 is 2.61 bits per heavy atom. The van der Waals surface area contributed by atoms with Gasteiger partial charge in [-0.2, -0.15) is 0 Å². The number of aryl methyl sites for hydroxylation is 1. The molecule has 4 heteroatoms. The SMILES string of the molecule is CCCNC(C)(CO)CC(C)n1cnc(C)c1C. The smallest absolute Gasteiger partial charge is 0.0953 e. The van der Waals surface area contributed by atoms with Crippen LogP contribution in [0.5, 0.6) is 0 Å². The number of hydrogen-bond acceptors (Lipinski definition) is 3. The van der Waals surface area contributed by atoms with Crippen molar-refractivity contribution in [1.82, 2.24) is 14.9 Å². The van der Waals surface area contributed by atoms with Crippen LogP contribution in [0.25, 0.3) is 0 Å². The number of nitrogens with zero attached hydrogens (tertiary/aromatic N) is 2. The molecule has 0 bridgehead atoms. The molecule has 0 amide bonds. The Hall–Kier alpha value is -0.870. The molecule has 0 saturated carbocycles. The Morgan fingerprint density at radius 1 is 1.50 bits per heavy atom. The number of aromatic nitrogens is 2. The van der Waals surface area contributed by atoms with Gasteiger partial charge in [-0.3, -0.25) is 0 Å². The molecule has 0 radical (unpaired) electrons. The van der Waals surface area contributed by atoms with Crippen LogP contribution in [0, 0.1) is 13.8 Å². The van der Waals surface area contributed by atoms with Crippen molar-refractivity contribution in [2.24, 2.45) is 0 Å². The first kappa shape index (κ1) is 15.2. The molecular formula is C14H27N3O. The summed E-state index contributed by atoms with van der Waals surface area (Å²) >= 11 is 0. The normalized spacial score (nSPS) is 16.6. The zero-order valence-electron chi connectivity index (χ0n) is 12.3. The van der Waals surface area contributed by atoms with E-state index in [1.165, 1.54) is 5.69 Å². The molecule has 0 aromatic carbocycles. The van der Waals surface area contributed by atoms with Gasteiger partial charge in [0.15, 0.2) is 0 Å². The molecule has 0 aliphatic carbocycles. The Labute approximate surface area is 110 Å². The predicted octanol–water partition coefficient (Wildman–Crippen LogP) is 2.20. The summed E-state index contributed by atoms with van der Waals surface area (Å²) in [6.45, 7) is 11.6. The highest BCUT2D eigenvalue weighted by molar-refractivity contribution is 5.10. The van der Waals surface area contributed by atoms with E-state index in [1.54, 1.807) is 0 Å². The highest BCUT2D eigenvalue weighted by Gasteiger charge is 2.26. The van der Waals surface area contributed by atoms with Crippen molar-refractivity contribution in [3.63, 3.8) is 0 Å². The van der Waals surface area contributed by atoms with Gasteiger partial charge in [-0.1, -0.05) is 6.92 Å². The van der Waals surface area contributed by atoms with Crippen LogP contribution in [0.4, 0.5) is 0 Å². The third kappa shape index (κ3) is 3.56. The second-order valence-electron chi connectivity index (χ2n) is 5.52. The van der Waals surface area contributed by atoms with Crippen LogP contribution in [0.1, 0.15) is 51.0 Å². The fourth-order valence-electron chi connectivity index (χ4n) is 2.33. The minimum absolute atomic E-state index is 0.157. The standard InChI is InChI=1S/C14H27N3O/c1-6-7-16-14(5,9-18)8-11(2)17-10-15-12(3)13(17)4/h10-11,16,18H,6-9H2,1-5H3. The van der Waals surface area contributed by atoms with Gasteiger partial charge in [-0.25, -0.2) is 4.98 Å². The summed E-state index contributed by atoms with van der Waals surface area (Å²) in [5, 5.41) is 13.0. The minimum atomic E-state index is -0.222. The van der Waals surface area contributed by atoms with Crippen LogP contribution in [0.3, 0.4) is 0 Å². The summed E-state index contributed by atoms with van der Waals surface area (Å²) in [4.78, 5) is 4.34. The Morgan fingerprint density at radius 2 is 2.17 bits per heavy atom. The number of nitrogens with one attached hydrogen (secondary N) is 1. The minimum Gasteiger partial charge on any atom is -0.394 e. The molecule has 2 N–H and O–H groups in total. The lowest BCUT2D eigenvalue weighted by Gasteiger charge is -2.32. The Bertz CT molecular complexity index is 375. The van der Waals surface area contributed by atoms with E-state index < -0.39 is 0 Å². The van der Waals surface area contributed by atoms with Crippen LogP contribution in [0.2, 0.25) is 0 Å². The maximum Gasteiger partial charge on any atom is 0.0953 e. The van der Waals surface area contributed by atoms with Crippen molar-refractivity contribution in [3.05, 3.63) is 17.7 Å². The number of aliphatic hydroxyl groups excluding tert-OH is 1. The van der Waals surface area contributed by atoms with E-state index in [-0.39, 0.29) is 12.1 Å². The van der Waals surface area contributed by atoms with Gasteiger partial charge >= 0.3 is 0 Å². The number of imidazole rings is 1. The first-order valence-electron chi connectivity index (χ1n) is 6.79. The number of rotatable bonds is 7. The monoisotopic (exact) mass is 253 g/mol. The summed E-state index contributed by atoms with van der Waals surface area (Å²) in [6, 6.07) is 0.327. The molecule has 18 heavy (non-hydrogen) atoms. The quantitative estimate of drug-likeness (QED) is 0.783. The molecule has 2 atom stereocenters. The molecule has 0 aliphatic rings. The molecule has 0 aliphatic heterocycles. The third-order valence-corrected chi connectivity index (χ3v) is 3.66. The van der Waals surface area contributed by atoms with Gasteiger partial charge in [-0.15, -0.1) is 0 Å². The van der Waals surface area contributed by atoms with Crippen LogP contribution in [-0.2, 0) is 0 Å². The van der Waals surface area contributed by atoms with E-state index in [0.29, 0.717) is 6.04 Å². The highest BCUT2D eigenvalue weighted by Crippen LogP contribution is 2.23.